The van der Waals surface area contributed by atoms with E-state index >= 15 is 0 Å². The molecule has 2 heterocycles. The van der Waals surface area contributed by atoms with Gasteiger partial charge in [-0.2, -0.15) is 0 Å². The van der Waals surface area contributed by atoms with Crippen molar-refractivity contribution in [2.75, 3.05) is 5.32 Å². The van der Waals surface area contributed by atoms with Crippen LogP contribution in [0.4, 0.5) is 5.13 Å². The van der Waals surface area contributed by atoms with E-state index in [-0.39, 0.29) is 5.91 Å². The Morgan fingerprint density at radius 3 is 2.86 bits per heavy atom. The molecular formula is C15H15N5OS. The number of benzene rings is 1. The Morgan fingerprint density at radius 2 is 2.09 bits per heavy atom. The maximum Gasteiger partial charge on any atom is 0.276 e. The Labute approximate surface area is 131 Å². The molecule has 22 heavy (non-hydrogen) atoms. The minimum Gasteiger partial charge on any atom is -0.295 e. The predicted molar refractivity (Wildman–Crippen MR) is 85.4 cm³/mol. The van der Waals surface area contributed by atoms with Crippen LogP contribution in [0.1, 0.15) is 28.8 Å². The zero-order valence-electron chi connectivity index (χ0n) is 12.1. The van der Waals surface area contributed by atoms with Gasteiger partial charge in [0.1, 0.15) is 10.7 Å². The van der Waals surface area contributed by atoms with Gasteiger partial charge in [-0.3, -0.25) is 14.7 Å². The fourth-order valence-corrected chi connectivity index (χ4v) is 2.87. The average Bonchev–Trinajstić information content (AvgIpc) is 3.18. The zero-order valence-corrected chi connectivity index (χ0v) is 12.9. The summed E-state index contributed by atoms with van der Waals surface area (Å²) in [5, 5.41) is 12.3. The second-order valence-corrected chi connectivity index (χ2v) is 5.75. The van der Waals surface area contributed by atoms with Crippen LogP contribution in [0.3, 0.4) is 0 Å². The summed E-state index contributed by atoms with van der Waals surface area (Å²) in [4.78, 5) is 16.5. The van der Waals surface area contributed by atoms with E-state index in [1.54, 1.807) is 10.9 Å². The first kappa shape index (κ1) is 14.4. The van der Waals surface area contributed by atoms with Crippen LogP contribution in [0.15, 0.2) is 42.9 Å². The van der Waals surface area contributed by atoms with Crippen molar-refractivity contribution in [1.82, 2.24) is 19.7 Å². The van der Waals surface area contributed by atoms with E-state index in [0.717, 1.165) is 23.5 Å². The maximum absolute atomic E-state index is 12.4. The molecule has 112 valence electrons. The van der Waals surface area contributed by atoms with Gasteiger partial charge in [0.15, 0.2) is 0 Å². The summed E-state index contributed by atoms with van der Waals surface area (Å²) in [5.41, 5.74) is 1.34. The van der Waals surface area contributed by atoms with Gasteiger partial charge >= 0.3 is 0 Å². The van der Waals surface area contributed by atoms with Crippen LogP contribution in [-0.4, -0.2) is 25.7 Å². The Hall–Kier alpha value is -2.54. The number of para-hydroxylation sites is 1. The Balaban J connectivity index is 1.79. The fraction of sp³-hybridized carbons (Fsp3) is 0.200. The van der Waals surface area contributed by atoms with E-state index in [1.807, 2.05) is 30.3 Å². The highest BCUT2D eigenvalue weighted by Gasteiger charge is 2.15. The van der Waals surface area contributed by atoms with Crippen LogP contribution in [0.25, 0.3) is 5.69 Å². The van der Waals surface area contributed by atoms with Crippen molar-refractivity contribution >= 4 is 22.4 Å². The average molecular weight is 313 g/mol. The third kappa shape index (κ3) is 3.04. The molecule has 0 aliphatic carbocycles. The molecule has 0 aliphatic rings. The van der Waals surface area contributed by atoms with Crippen LogP contribution in [0.5, 0.6) is 0 Å². The summed E-state index contributed by atoms with van der Waals surface area (Å²) in [7, 11) is 0. The van der Waals surface area contributed by atoms with Crippen molar-refractivity contribution in [3.8, 4) is 5.69 Å². The van der Waals surface area contributed by atoms with E-state index in [4.69, 9.17) is 0 Å². The summed E-state index contributed by atoms with van der Waals surface area (Å²) in [6.45, 7) is 2.08. The molecule has 0 atom stereocenters. The van der Waals surface area contributed by atoms with E-state index in [9.17, 15) is 4.79 Å². The van der Waals surface area contributed by atoms with E-state index in [0.29, 0.717) is 10.8 Å². The summed E-state index contributed by atoms with van der Waals surface area (Å²) in [5.74, 6) is -0.249. The summed E-state index contributed by atoms with van der Waals surface area (Å²) < 4.78 is 1.74. The molecule has 3 rings (SSSR count). The van der Waals surface area contributed by atoms with Gasteiger partial charge in [-0.15, -0.1) is 10.2 Å². The van der Waals surface area contributed by atoms with Crippen LogP contribution in [0.2, 0.25) is 0 Å². The molecular weight excluding hydrogens is 298 g/mol. The Kier molecular flexibility index (Phi) is 4.24. The minimum atomic E-state index is -0.249. The van der Waals surface area contributed by atoms with Gasteiger partial charge in [0.05, 0.1) is 12.5 Å². The number of nitrogens with zero attached hydrogens (tertiary/aromatic N) is 4. The van der Waals surface area contributed by atoms with Crippen molar-refractivity contribution < 1.29 is 4.79 Å². The molecule has 0 fully saturated rings. The normalized spacial score (nSPS) is 10.6. The number of aryl methyl sites for hydroxylation is 1. The highest BCUT2D eigenvalue weighted by molar-refractivity contribution is 7.15. The van der Waals surface area contributed by atoms with Gasteiger partial charge in [-0.25, -0.2) is 4.98 Å². The van der Waals surface area contributed by atoms with Crippen LogP contribution >= 0.6 is 11.3 Å². The smallest absolute Gasteiger partial charge is 0.276 e. The molecule has 0 saturated heterocycles. The zero-order chi connectivity index (χ0) is 15.4. The van der Waals surface area contributed by atoms with Crippen LogP contribution in [-0.2, 0) is 6.42 Å². The van der Waals surface area contributed by atoms with Gasteiger partial charge in [0, 0.05) is 12.1 Å². The van der Waals surface area contributed by atoms with Crippen molar-refractivity contribution in [2.24, 2.45) is 0 Å². The second kappa shape index (κ2) is 6.48. The molecule has 0 radical (unpaired) electrons. The first-order valence-electron chi connectivity index (χ1n) is 6.99. The number of rotatable bonds is 5. The van der Waals surface area contributed by atoms with Crippen molar-refractivity contribution in [1.29, 1.82) is 0 Å². The highest BCUT2D eigenvalue weighted by Crippen LogP contribution is 2.18. The number of hydrogen-bond donors (Lipinski definition) is 1. The highest BCUT2D eigenvalue weighted by atomic mass is 32.1. The quantitative estimate of drug-likeness (QED) is 0.786. The molecule has 0 bridgehead atoms. The molecule has 1 N–H and O–H groups in total. The molecule has 7 heteroatoms. The topological polar surface area (TPSA) is 72.7 Å². The SMILES string of the molecule is CCCc1nnc(NC(=O)c2cncn2-c2ccccc2)s1. The van der Waals surface area contributed by atoms with Crippen LogP contribution < -0.4 is 5.32 Å². The molecule has 6 nitrogen and oxygen atoms in total. The number of anilines is 1. The standard InChI is InChI=1S/C15H15N5OS/c1-2-6-13-18-19-15(22-13)17-14(21)12-9-16-10-20(12)11-7-4-3-5-8-11/h3-5,7-10H,2,6H2,1H3,(H,17,19,21). The monoisotopic (exact) mass is 313 g/mol. The predicted octanol–water partition coefficient (Wildman–Crippen LogP) is 2.93. The third-order valence-electron chi connectivity index (χ3n) is 3.06. The van der Waals surface area contributed by atoms with Gasteiger partial charge in [0.25, 0.3) is 5.91 Å². The summed E-state index contributed by atoms with van der Waals surface area (Å²) in [6, 6.07) is 9.60. The van der Waals surface area contributed by atoms with E-state index in [2.05, 4.69) is 27.4 Å². The maximum atomic E-state index is 12.4. The Bertz CT molecular complexity index is 765. The Morgan fingerprint density at radius 1 is 1.27 bits per heavy atom. The number of carbonyl (C=O) groups is 1. The first-order chi connectivity index (χ1) is 10.8. The summed E-state index contributed by atoms with van der Waals surface area (Å²) in [6.07, 6.45) is 5.03. The van der Waals surface area contributed by atoms with E-state index < -0.39 is 0 Å². The largest absolute Gasteiger partial charge is 0.295 e. The second-order valence-electron chi connectivity index (χ2n) is 4.69. The molecule has 0 unspecified atom stereocenters. The number of amides is 1. The summed E-state index contributed by atoms with van der Waals surface area (Å²) >= 11 is 1.40. The molecule has 3 aromatic rings. The number of carbonyl (C=O) groups excluding carboxylic acids is 1. The lowest BCUT2D eigenvalue weighted by Crippen LogP contribution is -2.15. The molecule has 0 aliphatic heterocycles. The lowest BCUT2D eigenvalue weighted by Gasteiger charge is -2.06. The molecule has 0 spiro atoms. The number of aromatic nitrogens is 4. The first-order valence-corrected chi connectivity index (χ1v) is 7.81. The third-order valence-corrected chi connectivity index (χ3v) is 3.96. The molecule has 0 saturated carbocycles. The molecule has 1 amide bonds. The fourth-order valence-electron chi connectivity index (χ4n) is 2.04. The van der Waals surface area contributed by atoms with Gasteiger partial charge in [-0.1, -0.05) is 36.5 Å². The minimum absolute atomic E-state index is 0.249. The van der Waals surface area contributed by atoms with E-state index in [1.165, 1.54) is 17.5 Å². The van der Waals surface area contributed by atoms with Crippen molar-refractivity contribution in [2.45, 2.75) is 19.8 Å². The molecule has 1 aromatic carbocycles. The number of imidazole rings is 1. The lowest BCUT2D eigenvalue weighted by molar-refractivity contribution is 0.102. The van der Waals surface area contributed by atoms with Crippen molar-refractivity contribution in [3.63, 3.8) is 0 Å². The lowest BCUT2D eigenvalue weighted by atomic mass is 10.3. The van der Waals surface area contributed by atoms with Crippen molar-refractivity contribution in [3.05, 3.63) is 53.6 Å². The van der Waals surface area contributed by atoms with Gasteiger partial charge < -0.3 is 0 Å². The number of hydrogen-bond acceptors (Lipinski definition) is 5. The van der Waals surface area contributed by atoms with Gasteiger partial charge in [0.2, 0.25) is 5.13 Å². The number of nitrogens with one attached hydrogen (secondary N) is 1. The molecule has 2 aromatic heterocycles. The van der Waals surface area contributed by atoms with Crippen LogP contribution in [0, 0.1) is 0 Å². The van der Waals surface area contributed by atoms with Gasteiger partial charge in [-0.05, 0) is 18.6 Å².